The Morgan fingerprint density at radius 2 is 2.24 bits per heavy atom. The zero-order valence-corrected chi connectivity index (χ0v) is 10.4. The van der Waals surface area contributed by atoms with Crippen LogP contribution >= 0.6 is 23.2 Å². The number of hydrogen-bond donors (Lipinski definition) is 2. The molecular weight excluding hydrogens is 265 g/mol. The van der Waals surface area contributed by atoms with Crippen molar-refractivity contribution in [1.82, 2.24) is 10.2 Å². The van der Waals surface area contributed by atoms with Gasteiger partial charge in [0.1, 0.15) is 0 Å². The molecule has 1 heterocycles. The predicted octanol–water partition coefficient (Wildman–Crippen LogP) is 2.45. The van der Waals surface area contributed by atoms with E-state index in [0.29, 0.717) is 11.6 Å². The lowest BCUT2D eigenvalue weighted by Gasteiger charge is -2.17. The van der Waals surface area contributed by atoms with Crippen LogP contribution in [0.2, 0.25) is 10.3 Å². The fourth-order valence-electron chi connectivity index (χ4n) is 1.68. The van der Waals surface area contributed by atoms with Crippen molar-refractivity contribution in [3.05, 3.63) is 16.4 Å². The molecule has 1 fully saturated rings. The van der Waals surface area contributed by atoms with Crippen LogP contribution in [0.5, 0.6) is 0 Å². The van der Waals surface area contributed by atoms with E-state index in [9.17, 15) is 4.79 Å². The van der Waals surface area contributed by atoms with E-state index in [1.54, 1.807) is 6.07 Å². The zero-order chi connectivity index (χ0) is 12.4. The van der Waals surface area contributed by atoms with Crippen molar-refractivity contribution in [3.8, 4) is 0 Å². The normalized spacial score (nSPS) is 16.6. The highest BCUT2D eigenvalue weighted by molar-refractivity contribution is 6.33. The highest BCUT2D eigenvalue weighted by atomic mass is 35.5. The number of halogens is 2. The van der Waals surface area contributed by atoms with Crippen molar-refractivity contribution in [2.45, 2.75) is 25.3 Å². The van der Waals surface area contributed by atoms with E-state index in [1.165, 1.54) is 0 Å². The number of nitrogens with one attached hydrogen (secondary N) is 1. The van der Waals surface area contributed by atoms with Crippen LogP contribution in [0.4, 0.5) is 5.69 Å². The minimum Gasteiger partial charge on any atom is -0.481 e. The average Bonchev–Trinajstić information content (AvgIpc) is 3.05. The van der Waals surface area contributed by atoms with Crippen LogP contribution in [0.1, 0.15) is 19.3 Å². The Hall–Kier alpha value is -1.07. The molecule has 17 heavy (non-hydrogen) atoms. The van der Waals surface area contributed by atoms with Crippen LogP contribution in [0.3, 0.4) is 0 Å². The summed E-state index contributed by atoms with van der Waals surface area (Å²) in [6.07, 6.45) is 2.13. The Morgan fingerprint density at radius 3 is 2.82 bits per heavy atom. The van der Waals surface area contributed by atoms with Gasteiger partial charge >= 0.3 is 5.97 Å². The summed E-state index contributed by atoms with van der Waals surface area (Å²) in [5.74, 6) is -0.451. The van der Waals surface area contributed by atoms with E-state index in [-0.39, 0.29) is 22.8 Å². The molecule has 5 nitrogen and oxygen atoms in total. The van der Waals surface area contributed by atoms with E-state index in [4.69, 9.17) is 28.3 Å². The Balaban J connectivity index is 2.10. The van der Waals surface area contributed by atoms with Crippen LogP contribution in [0, 0.1) is 5.92 Å². The van der Waals surface area contributed by atoms with Gasteiger partial charge in [-0.25, -0.2) is 0 Å². The van der Waals surface area contributed by atoms with E-state index in [0.717, 1.165) is 12.8 Å². The summed E-state index contributed by atoms with van der Waals surface area (Å²) in [6.45, 7) is 0. The molecule has 0 aromatic carbocycles. The van der Waals surface area contributed by atoms with Gasteiger partial charge in [-0.15, -0.1) is 10.2 Å². The number of carboxylic acids is 1. The van der Waals surface area contributed by atoms with Gasteiger partial charge in [0.2, 0.25) is 0 Å². The lowest BCUT2D eigenvalue weighted by Crippen LogP contribution is -2.25. The van der Waals surface area contributed by atoms with Crippen molar-refractivity contribution in [3.63, 3.8) is 0 Å². The highest BCUT2D eigenvalue weighted by Gasteiger charge is 2.33. The summed E-state index contributed by atoms with van der Waals surface area (Å²) in [6, 6.07) is 1.42. The Morgan fingerprint density at radius 1 is 1.53 bits per heavy atom. The molecule has 1 aromatic rings. The second-order valence-electron chi connectivity index (χ2n) is 4.06. The molecule has 1 aliphatic rings. The third kappa shape index (κ3) is 3.44. The first-order valence-corrected chi connectivity index (χ1v) is 5.99. The highest BCUT2D eigenvalue weighted by Crippen LogP contribution is 2.36. The van der Waals surface area contributed by atoms with Crippen molar-refractivity contribution in [1.29, 1.82) is 0 Å². The third-order valence-electron chi connectivity index (χ3n) is 2.65. The molecule has 0 aliphatic heterocycles. The molecular formula is C10H11Cl2N3O2. The van der Waals surface area contributed by atoms with E-state index in [2.05, 4.69) is 15.5 Å². The molecule has 0 saturated heterocycles. The van der Waals surface area contributed by atoms with Gasteiger partial charge in [-0.1, -0.05) is 23.2 Å². The van der Waals surface area contributed by atoms with Gasteiger partial charge < -0.3 is 10.4 Å². The van der Waals surface area contributed by atoms with Crippen LogP contribution < -0.4 is 5.32 Å². The predicted molar refractivity (Wildman–Crippen MR) is 64.4 cm³/mol. The smallest absolute Gasteiger partial charge is 0.305 e. The first-order chi connectivity index (χ1) is 8.06. The fraction of sp³-hybridized carbons (Fsp3) is 0.500. The molecule has 1 aromatic heterocycles. The number of anilines is 1. The third-order valence-corrected chi connectivity index (χ3v) is 3.11. The van der Waals surface area contributed by atoms with Crippen LogP contribution in [-0.4, -0.2) is 27.3 Å². The molecule has 1 atom stereocenters. The number of rotatable bonds is 5. The SMILES string of the molecule is O=C(O)CC(Nc1cc(Cl)nnc1Cl)C1CC1. The quantitative estimate of drug-likeness (QED) is 0.864. The van der Waals surface area contributed by atoms with Gasteiger partial charge in [0.05, 0.1) is 12.1 Å². The topological polar surface area (TPSA) is 75.1 Å². The summed E-state index contributed by atoms with van der Waals surface area (Å²) in [5.41, 5.74) is 0.532. The molecule has 7 heteroatoms. The second kappa shape index (κ2) is 5.06. The van der Waals surface area contributed by atoms with Gasteiger partial charge in [0.25, 0.3) is 0 Å². The Bertz CT molecular complexity index is 438. The minimum absolute atomic E-state index is 0.0565. The number of nitrogens with zero attached hydrogens (tertiary/aromatic N) is 2. The zero-order valence-electron chi connectivity index (χ0n) is 8.86. The molecule has 92 valence electrons. The first kappa shape index (κ1) is 12.4. The molecule has 0 bridgehead atoms. The molecule has 0 spiro atoms. The average molecular weight is 276 g/mol. The number of hydrogen-bond acceptors (Lipinski definition) is 4. The first-order valence-electron chi connectivity index (χ1n) is 5.23. The van der Waals surface area contributed by atoms with Crippen LogP contribution in [0.15, 0.2) is 6.07 Å². The number of aliphatic carboxylic acids is 1. The maximum absolute atomic E-state index is 10.8. The van der Waals surface area contributed by atoms with Gasteiger partial charge in [-0.2, -0.15) is 0 Å². The molecule has 2 N–H and O–H groups in total. The lowest BCUT2D eigenvalue weighted by atomic mass is 10.1. The molecule has 1 aliphatic carbocycles. The number of carbonyl (C=O) groups is 1. The van der Waals surface area contributed by atoms with E-state index in [1.807, 2.05) is 0 Å². The molecule has 1 saturated carbocycles. The molecule has 0 amide bonds. The minimum atomic E-state index is -0.835. The molecule has 1 unspecified atom stereocenters. The van der Waals surface area contributed by atoms with Crippen molar-refractivity contribution in [2.75, 3.05) is 5.32 Å². The molecule has 2 rings (SSSR count). The second-order valence-corrected chi connectivity index (χ2v) is 4.80. The summed E-state index contributed by atoms with van der Waals surface area (Å²) >= 11 is 11.6. The van der Waals surface area contributed by atoms with Crippen molar-refractivity contribution < 1.29 is 9.90 Å². The van der Waals surface area contributed by atoms with Gasteiger partial charge in [0, 0.05) is 12.1 Å². The monoisotopic (exact) mass is 275 g/mol. The summed E-state index contributed by atoms with van der Waals surface area (Å²) in [5, 5.41) is 19.6. The summed E-state index contributed by atoms with van der Waals surface area (Å²) in [7, 11) is 0. The van der Waals surface area contributed by atoms with Crippen LogP contribution in [-0.2, 0) is 4.79 Å². The van der Waals surface area contributed by atoms with Crippen molar-refractivity contribution >= 4 is 34.9 Å². The molecule has 0 radical (unpaired) electrons. The van der Waals surface area contributed by atoms with Gasteiger partial charge in [0.15, 0.2) is 10.3 Å². The van der Waals surface area contributed by atoms with Crippen molar-refractivity contribution in [2.24, 2.45) is 5.92 Å². The summed E-state index contributed by atoms with van der Waals surface area (Å²) < 4.78 is 0. The maximum Gasteiger partial charge on any atom is 0.305 e. The van der Waals surface area contributed by atoms with E-state index < -0.39 is 5.97 Å². The van der Waals surface area contributed by atoms with Crippen LogP contribution in [0.25, 0.3) is 0 Å². The van der Waals surface area contributed by atoms with E-state index >= 15 is 0 Å². The fourth-order valence-corrected chi connectivity index (χ4v) is 1.97. The van der Waals surface area contributed by atoms with Gasteiger partial charge in [-0.3, -0.25) is 4.79 Å². The number of carboxylic acid groups (broad SMARTS) is 1. The Labute approximate surface area is 108 Å². The Kier molecular flexibility index (Phi) is 3.69. The largest absolute Gasteiger partial charge is 0.481 e. The lowest BCUT2D eigenvalue weighted by molar-refractivity contribution is -0.137. The standard InChI is InChI=1S/C10H11Cl2N3O2/c11-8-3-7(10(12)15-14-8)13-6(4-9(16)17)5-1-2-5/h3,5-6H,1-2,4H2,(H,13,14)(H,16,17). The number of aromatic nitrogens is 2. The summed E-state index contributed by atoms with van der Waals surface area (Å²) in [4.78, 5) is 10.8. The van der Waals surface area contributed by atoms with Gasteiger partial charge in [-0.05, 0) is 18.8 Å². The maximum atomic E-state index is 10.8.